The molecule has 0 atom stereocenters. The van der Waals surface area contributed by atoms with Gasteiger partial charge in [0.25, 0.3) is 5.91 Å². The van der Waals surface area contributed by atoms with E-state index in [1.54, 1.807) is 12.4 Å². The lowest BCUT2D eigenvalue weighted by Crippen LogP contribution is -2.22. The maximum atomic E-state index is 12.5. The average Bonchev–Trinajstić information content (AvgIpc) is 3.39. The Bertz CT molecular complexity index is 1290. The van der Waals surface area contributed by atoms with E-state index < -0.39 is 0 Å². The molecule has 142 valence electrons. The van der Waals surface area contributed by atoms with Gasteiger partial charge in [-0.3, -0.25) is 4.79 Å². The van der Waals surface area contributed by atoms with Gasteiger partial charge in [-0.2, -0.15) is 0 Å². The molecule has 3 N–H and O–H groups in total. The molecule has 2 aromatic carbocycles. The van der Waals surface area contributed by atoms with Crippen LogP contribution in [-0.2, 0) is 6.54 Å². The Morgan fingerprint density at radius 2 is 1.90 bits per heavy atom. The summed E-state index contributed by atoms with van der Waals surface area (Å²) in [6, 6.07) is 17.7. The van der Waals surface area contributed by atoms with E-state index in [1.165, 1.54) is 11.3 Å². The van der Waals surface area contributed by atoms with Crippen LogP contribution in [0.2, 0.25) is 0 Å². The first-order chi connectivity index (χ1) is 14.3. The number of nitrogens with one attached hydrogen (secondary N) is 3. The van der Waals surface area contributed by atoms with Crippen LogP contribution in [0.15, 0.2) is 67.0 Å². The number of hydrogen-bond donors (Lipinski definition) is 3. The van der Waals surface area contributed by atoms with E-state index in [4.69, 9.17) is 0 Å². The molecule has 0 aliphatic carbocycles. The highest BCUT2D eigenvalue weighted by Gasteiger charge is 2.12. The Kier molecular flexibility index (Phi) is 4.38. The van der Waals surface area contributed by atoms with Crippen molar-refractivity contribution in [2.24, 2.45) is 0 Å². The number of para-hydroxylation sites is 2. The smallest absolute Gasteiger partial charge is 0.263 e. The molecule has 3 heterocycles. The molecule has 5 aromatic rings. The predicted molar refractivity (Wildman–Crippen MR) is 114 cm³/mol. The van der Waals surface area contributed by atoms with Crippen LogP contribution in [0.4, 0.5) is 10.9 Å². The van der Waals surface area contributed by atoms with Crippen molar-refractivity contribution in [3.05, 3.63) is 77.7 Å². The number of nitrogens with zero attached hydrogens (tertiary/aromatic N) is 3. The standard InChI is InChI=1S/C21H16N6OS/c28-20(23-12-18-25-15-7-3-4-8-16(15)26-18)17-11-24-21(29-17)27-19-14-6-2-1-5-13(14)9-10-22-19/h1-11H,12H2,(H,23,28)(H,25,26)(H,22,24,27). The van der Waals surface area contributed by atoms with Crippen LogP contribution in [0, 0.1) is 0 Å². The lowest BCUT2D eigenvalue weighted by atomic mass is 10.2. The summed E-state index contributed by atoms with van der Waals surface area (Å²) in [5, 5.41) is 8.79. The minimum atomic E-state index is -0.193. The Morgan fingerprint density at radius 3 is 2.83 bits per heavy atom. The van der Waals surface area contributed by atoms with Crippen molar-refractivity contribution in [3.8, 4) is 0 Å². The maximum Gasteiger partial charge on any atom is 0.263 e. The number of carbonyl (C=O) groups excluding carboxylic acids is 1. The number of H-pyrrole nitrogens is 1. The Morgan fingerprint density at radius 1 is 1.03 bits per heavy atom. The molecule has 5 rings (SSSR count). The minimum Gasteiger partial charge on any atom is -0.344 e. The molecule has 7 nitrogen and oxygen atoms in total. The molecular formula is C21H16N6OS. The summed E-state index contributed by atoms with van der Waals surface area (Å²) in [4.78, 5) is 29.4. The number of pyridine rings is 1. The molecule has 1 amide bonds. The lowest BCUT2D eigenvalue weighted by Gasteiger charge is -2.05. The van der Waals surface area contributed by atoms with E-state index >= 15 is 0 Å². The fourth-order valence-electron chi connectivity index (χ4n) is 3.10. The van der Waals surface area contributed by atoms with Crippen LogP contribution in [0.1, 0.15) is 15.5 Å². The maximum absolute atomic E-state index is 12.5. The van der Waals surface area contributed by atoms with Gasteiger partial charge >= 0.3 is 0 Å². The molecule has 0 radical (unpaired) electrons. The van der Waals surface area contributed by atoms with Gasteiger partial charge < -0.3 is 15.6 Å². The predicted octanol–water partition coefficient (Wildman–Crippen LogP) is 4.24. The molecule has 0 aliphatic heterocycles. The van der Waals surface area contributed by atoms with Crippen LogP contribution in [-0.4, -0.2) is 25.8 Å². The number of aromatic amines is 1. The highest BCUT2D eigenvalue weighted by atomic mass is 32.1. The van der Waals surface area contributed by atoms with Crippen molar-refractivity contribution in [1.82, 2.24) is 25.3 Å². The van der Waals surface area contributed by atoms with Gasteiger partial charge in [0.2, 0.25) is 0 Å². The molecule has 3 aromatic heterocycles. The zero-order chi connectivity index (χ0) is 19.6. The molecule has 0 saturated heterocycles. The van der Waals surface area contributed by atoms with Gasteiger partial charge in [0, 0.05) is 11.6 Å². The number of fused-ring (bicyclic) bond motifs is 2. The van der Waals surface area contributed by atoms with Gasteiger partial charge in [0.15, 0.2) is 5.13 Å². The number of hydrogen-bond acceptors (Lipinski definition) is 6. The Hall–Kier alpha value is -3.78. The SMILES string of the molecule is O=C(NCc1nc2ccccc2[nH]1)c1cnc(Nc2nccc3ccccc23)s1. The van der Waals surface area contributed by atoms with Gasteiger partial charge in [0.05, 0.1) is 23.8 Å². The summed E-state index contributed by atoms with van der Waals surface area (Å²) in [7, 11) is 0. The van der Waals surface area contributed by atoms with E-state index in [0.717, 1.165) is 21.8 Å². The van der Waals surface area contributed by atoms with Crippen LogP contribution < -0.4 is 10.6 Å². The third-order valence-electron chi connectivity index (χ3n) is 4.48. The van der Waals surface area contributed by atoms with Crippen molar-refractivity contribution in [1.29, 1.82) is 0 Å². The lowest BCUT2D eigenvalue weighted by molar-refractivity contribution is 0.0954. The van der Waals surface area contributed by atoms with Gasteiger partial charge in [-0.25, -0.2) is 15.0 Å². The summed E-state index contributed by atoms with van der Waals surface area (Å²) < 4.78 is 0. The monoisotopic (exact) mass is 400 g/mol. The highest BCUT2D eigenvalue weighted by Crippen LogP contribution is 2.26. The number of rotatable bonds is 5. The van der Waals surface area contributed by atoms with E-state index in [-0.39, 0.29) is 5.91 Å². The van der Waals surface area contributed by atoms with Crippen LogP contribution in [0.3, 0.4) is 0 Å². The fraction of sp³-hybridized carbons (Fsp3) is 0.0476. The van der Waals surface area contributed by atoms with E-state index in [2.05, 4.69) is 30.6 Å². The highest BCUT2D eigenvalue weighted by molar-refractivity contribution is 7.17. The van der Waals surface area contributed by atoms with Gasteiger partial charge in [-0.1, -0.05) is 47.7 Å². The second-order valence-corrected chi connectivity index (χ2v) is 7.45. The first-order valence-electron chi connectivity index (χ1n) is 9.05. The third kappa shape index (κ3) is 3.53. The Labute approximate surface area is 169 Å². The zero-order valence-electron chi connectivity index (χ0n) is 15.2. The number of amides is 1. The quantitative estimate of drug-likeness (QED) is 0.410. The van der Waals surface area contributed by atoms with E-state index in [1.807, 2.05) is 54.6 Å². The van der Waals surface area contributed by atoms with Crippen LogP contribution in [0.5, 0.6) is 0 Å². The normalized spacial score (nSPS) is 11.0. The number of carbonyl (C=O) groups is 1. The number of thiazole rings is 1. The zero-order valence-corrected chi connectivity index (χ0v) is 16.0. The molecule has 0 spiro atoms. The molecule has 29 heavy (non-hydrogen) atoms. The molecule has 0 saturated carbocycles. The molecule has 0 bridgehead atoms. The molecule has 8 heteroatoms. The summed E-state index contributed by atoms with van der Waals surface area (Å²) in [5.41, 5.74) is 1.83. The van der Waals surface area contributed by atoms with E-state index in [9.17, 15) is 4.79 Å². The number of benzene rings is 2. The average molecular weight is 400 g/mol. The van der Waals surface area contributed by atoms with Gasteiger partial charge in [-0.05, 0) is 23.6 Å². The van der Waals surface area contributed by atoms with Crippen molar-refractivity contribution < 1.29 is 4.79 Å². The number of imidazole rings is 1. The second-order valence-electron chi connectivity index (χ2n) is 6.42. The second kappa shape index (κ2) is 7.33. The van der Waals surface area contributed by atoms with Crippen LogP contribution >= 0.6 is 11.3 Å². The Balaban J connectivity index is 1.28. The van der Waals surface area contributed by atoms with E-state index in [0.29, 0.717) is 28.2 Å². The number of anilines is 2. The summed E-state index contributed by atoms with van der Waals surface area (Å²) in [6.45, 7) is 0.319. The first kappa shape index (κ1) is 17.3. The van der Waals surface area contributed by atoms with Crippen molar-refractivity contribution in [2.45, 2.75) is 6.54 Å². The van der Waals surface area contributed by atoms with Crippen molar-refractivity contribution in [2.75, 3.05) is 5.32 Å². The fourth-order valence-corrected chi connectivity index (χ4v) is 3.83. The van der Waals surface area contributed by atoms with Crippen molar-refractivity contribution >= 4 is 50.0 Å². The van der Waals surface area contributed by atoms with Gasteiger partial charge in [0.1, 0.15) is 16.5 Å². The third-order valence-corrected chi connectivity index (χ3v) is 5.39. The number of aromatic nitrogens is 4. The first-order valence-corrected chi connectivity index (χ1v) is 9.86. The molecule has 0 fully saturated rings. The van der Waals surface area contributed by atoms with Crippen LogP contribution in [0.25, 0.3) is 21.8 Å². The topological polar surface area (TPSA) is 95.6 Å². The molecule has 0 unspecified atom stereocenters. The van der Waals surface area contributed by atoms with Gasteiger partial charge in [-0.15, -0.1) is 0 Å². The minimum absolute atomic E-state index is 0.193. The summed E-state index contributed by atoms with van der Waals surface area (Å²) >= 11 is 1.28. The van der Waals surface area contributed by atoms with Crippen molar-refractivity contribution in [3.63, 3.8) is 0 Å². The molecular weight excluding hydrogens is 384 g/mol. The summed E-state index contributed by atoms with van der Waals surface area (Å²) in [5.74, 6) is 1.23. The summed E-state index contributed by atoms with van der Waals surface area (Å²) in [6.07, 6.45) is 3.31. The largest absolute Gasteiger partial charge is 0.344 e. The molecule has 0 aliphatic rings.